The first kappa shape index (κ1) is 15.0. The summed E-state index contributed by atoms with van der Waals surface area (Å²) in [7, 11) is 0. The van der Waals surface area contributed by atoms with Gasteiger partial charge in [0, 0.05) is 12.1 Å². The number of benzene rings is 1. The highest BCUT2D eigenvalue weighted by molar-refractivity contribution is 5.99. The van der Waals surface area contributed by atoms with Gasteiger partial charge in [-0.2, -0.15) is 5.10 Å². The summed E-state index contributed by atoms with van der Waals surface area (Å²) in [5, 5.41) is 11.0. The largest absolute Gasteiger partial charge is 0.363 e. The lowest BCUT2D eigenvalue weighted by Crippen LogP contribution is -2.29. The van der Waals surface area contributed by atoms with Gasteiger partial charge in [0.1, 0.15) is 29.7 Å². The highest BCUT2D eigenvalue weighted by Gasteiger charge is 2.21. The van der Waals surface area contributed by atoms with Gasteiger partial charge in [0.2, 0.25) is 0 Å². The van der Waals surface area contributed by atoms with E-state index in [1.54, 1.807) is 4.68 Å². The maximum absolute atomic E-state index is 12.5. The van der Waals surface area contributed by atoms with E-state index in [2.05, 4.69) is 20.6 Å². The van der Waals surface area contributed by atoms with E-state index in [4.69, 9.17) is 4.52 Å². The van der Waals surface area contributed by atoms with Crippen LogP contribution in [0.5, 0.6) is 0 Å². The van der Waals surface area contributed by atoms with Crippen molar-refractivity contribution in [2.45, 2.75) is 26.4 Å². The van der Waals surface area contributed by atoms with Gasteiger partial charge in [-0.05, 0) is 13.8 Å². The molecule has 1 aromatic carbocycles. The van der Waals surface area contributed by atoms with E-state index in [9.17, 15) is 4.79 Å². The number of aryl methyl sites for hydroxylation is 1. The molecule has 0 saturated heterocycles. The number of nitrogens with zero attached hydrogens (tertiary/aromatic N) is 4. The molecular weight excluding hydrogens is 294 g/mol. The summed E-state index contributed by atoms with van der Waals surface area (Å²) in [6.07, 6.45) is 2.84. The Balaban J connectivity index is 1.81. The first-order valence-electron chi connectivity index (χ1n) is 7.39. The van der Waals surface area contributed by atoms with E-state index in [0.29, 0.717) is 23.6 Å². The monoisotopic (exact) mass is 311 g/mol. The molecule has 2 heterocycles. The molecule has 0 spiro atoms. The molecule has 7 nitrogen and oxygen atoms in total. The summed E-state index contributed by atoms with van der Waals surface area (Å²) < 4.78 is 6.74. The fourth-order valence-corrected chi connectivity index (χ4v) is 2.39. The number of aromatic nitrogens is 4. The predicted octanol–water partition coefficient (Wildman–Crippen LogP) is 2.44. The van der Waals surface area contributed by atoms with Gasteiger partial charge in [-0.3, -0.25) is 4.79 Å². The van der Waals surface area contributed by atoms with Crippen molar-refractivity contribution in [1.82, 2.24) is 25.2 Å². The van der Waals surface area contributed by atoms with Crippen LogP contribution in [0.4, 0.5) is 0 Å². The Bertz CT molecular complexity index is 794. The maximum Gasteiger partial charge on any atom is 0.257 e. The summed E-state index contributed by atoms with van der Waals surface area (Å²) in [5.74, 6) is 0.446. The zero-order chi connectivity index (χ0) is 16.2. The molecule has 1 N–H and O–H groups in total. The fourth-order valence-electron chi connectivity index (χ4n) is 2.39. The Labute approximate surface area is 133 Å². The van der Waals surface area contributed by atoms with Crippen molar-refractivity contribution in [3.8, 4) is 11.3 Å². The Hall–Kier alpha value is -2.96. The molecule has 3 rings (SSSR count). The summed E-state index contributed by atoms with van der Waals surface area (Å²) in [5.41, 5.74) is 1.74. The Morgan fingerprint density at radius 1 is 1.35 bits per heavy atom. The molecule has 0 fully saturated rings. The van der Waals surface area contributed by atoms with Crippen molar-refractivity contribution >= 4 is 5.91 Å². The topological polar surface area (TPSA) is 85.8 Å². The standard InChI is InChI=1S/C16H17N5O2/c1-3-21-15(17-10-18-21)11(2)19-16(22)13-9-23-20-14(13)12-7-5-4-6-8-12/h4-11H,3H2,1-2H3,(H,19,22)/t11-/m1/s1. The molecule has 118 valence electrons. The highest BCUT2D eigenvalue weighted by atomic mass is 16.5. The second kappa shape index (κ2) is 6.43. The average molecular weight is 311 g/mol. The molecule has 0 unspecified atom stereocenters. The predicted molar refractivity (Wildman–Crippen MR) is 83.5 cm³/mol. The molecule has 23 heavy (non-hydrogen) atoms. The summed E-state index contributed by atoms with van der Waals surface area (Å²) in [6, 6.07) is 9.17. The lowest BCUT2D eigenvalue weighted by Gasteiger charge is -2.13. The molecule has 0 radical (unpaired) electrons. The van der Waals surface area contributed by atoms with Crippen molar-refractivity contribution in [3.63, 3.8) is 0 Å². The van der Waals surface area contributed by atoms with E-state index in [1.807, 2.05) is 44.2 Å². The van der Waals surface area contributed by atoms with Crippen LogP contribution in [0.25, 0.3) is 11.3 Å². The lowest BCUT2D eigenvalue weighted by atomic mass is 10.1. The minimum absolute atomic E-state index is 0.261. The van der Waals surface area contributed by atoms with Crippen molar-refractivity contribution in [1.29, 1.82) is 0 Å². The van der Waals surface area contributed by atoms with Gasteiger partial charge in [0.05, 0.1) is 6.04 Å². The number of nitrogens with one attached hydrogen (secondary N) is 1. The van der Waals surface area contributed by atoms with Gasteiger partial charge in [0.25, 0.3) is 5.91 Å². The smallest absolute Gasteiger partial charge is 0.257 e. The SMILES string of the molecule is CCn1ncnc1[C@@H](C)NC(=O)c1conc1-c1ccccc1. The number of rotatable bonds is 5. The molecule has 1 atom stereocenters. The van der Waals surface area contributed by atoms with Crippen molar-refractivity contribution in [3.05, 3.63) is 54.3 Å². The summed E-state index contributed by atoms with van der Waals surface area (Å²) in [6.45, 7) is 4.53. The zero-order valence-corrected chi connectivity index (χ0v) is 12.9. The van der Waals surface area contributed by atoms with Crippen LogP contribution >= 0.6 is 0 Å². The van der Waals surface area contributed by atoms with Crippen LogP contribution in [-0.2, 0) is 6.54 Å². The number of amides is 1. The quantitative estimate of drug-likeness (QED) is 0.782. The molecule has 0 aliphatic carbocycles. The van der Waals surface area contributed by atoms with E-state index in [0.717, 1.165) is 5.56 Å². The molecule has 2 aromatic heterocycles. The van der Waals surface area contributed by atoms with Gasteiger partial charge < -0.3 is 9.84 Å². The third-order valence-corrected chi connectivity index (χ3v) is 3.54. The number of carbonyl (C=O) groups is 1. The zero-order valence-electron chi connectivity index (χ0n) is 12.9. The molecule has 7 heteroatoms. The van der Waals surface area contributed by atoms with E-state index in [-0.39, 0.29) is 11.9 Å². The number of hydrogen-bond acceptors (Lipinski definition) is 5. The Morgan fingerprint density at radius 3 is 2.87 bits per heavy atom. The maximum atomic E-state index is 12.5. The van der Waals surface area contributed by atoms with Gasteiger partial charge in [-0.1, -0.05) is 35.5 Å². The van der Waals surface area contributed by atoms with Crippen molar-refractivity contribution < 1.29 is 9.32 Å². The third-order valence-electron chi connectivity index (χ3n) is 3.54. The van der Waals surface area contributed by atoms with Crippen LogP contribution in [-0.4, -0.2) is 25.8 Å². The third kappa shape index (κ3) is 2.98. The molecule has 3 aromatic rings. The summed E-state index contributed by atoms with van der Waals surface area (Å²) >= 11 is 0. The van der Waals surface area contributed by atoms with E-state index < -0.39 is 0 Å². The fraction of sp³-hybridized carbons (Fsp3) is 0.250. The number of hydrogen-bond donors (Lipinski definition) is 1. The molecule has 0 saturated carbocycles. The second-order valence-corrected chi connectivity index (χ2v) is 5.07. The molecule has 0 bridgehead atoms. The van der Waals surface area contributed by atoms with Crippen LogP contribution < -0.4 is 5.32 Å². The Kier molecular flexibility index (Phi) is 4.18. The van der Waals surface area contributed by atoms with Crippen LogP contribution in [0, 0.1) is 0 Å². The highest BCUT2D eigenvalue weighted by Crippen LogP contribution is 2.22. The van der Waals surface area contributed by atoms with Gasteiger partial charge >= 0.3 is 0 Å². The number of carbonyl (C=O) groups excluding carboxylic acids is 1. The van der Waals surface area contributed by atoms with Gasteiger partial charge in [-0.15, -0.1) is 0 Å². The molecular formula is C16H17N5O2. The van der Waals surface area contributed by atoms with Crippen LogP contribution in [0.1, 0.15) is 36.1 Å². The Morgan fingerprint density at radius 2 is 2.13 bits per heavy atom. The minimum atomic E-state index is -0.275. The molecule has 0 aliphatic heterocycles. The lowest BCUT2D eigenvalue weighted by molar-refractivity contribution is 0.0937. The summed E-state index contributed by atoms with van der Waals surface area (Å²) in [4.78, 5) is 16.7. The molecule has 0 aliphatic rings. The van der Waals surface area contributed by atoms with Crippen LogP contribution in [0.15, 0.2) is 47.4 Å². The average Bonchev–Trinajstić information content (AvgIpc) is 3.24. The van der Waals surface area contributed by atoms with Crippen molar-refractivity contribution in [2.24, 2.45) is 0 Å². The van der Waals surface area contributed by atoms with E-state index in [1.165, 1.54) is 12.6 Å². The molecule has 1 amide bonds. The van der Waals surface area contributed by atoms with E-state index >= 15 is 0 Å². The first-order valence-corrected chi connectivity index (χ1v) is 7.39. The first-order chi connectivity index (χ1) is 11.2. The van der Waals surface area contributed by atoms with Gasteiger partial charge in [-0.25, -0.2) is 9.67 Å². The normalized spacial score (nSPS) is 12.1. The second-order valence-electron chi connectivity index (χ2n) is 5.07. The van der Waals surface area contributed by atoms with Crippen molar-refractivity contribution in [2.75, 3.05) is 0 Å². The minimum Gasteiger partial charge on any atom is -0.363 e. The van der Waals surface area contributed by atoms with Crippen LogP contribution in [0.3, 0.4) is 0 Å². The van der Waals surface area contributed by atoms with Gasteiger partial charge in [0.15, 0.2) is 0 Å². The van der Waals surface area contributed by atoms with Crippen LogP contribution in [0.2, 0.25) is 0 Å².